The summed E-state index contributed by atoms with van der Waals surface area (Å²) < 4.78 is 5.60. The van der Waals surface area contributed by atoms with Gasteiger partial charge < -0.3 is 4.74 Å². The molecular formula is C25H38O3. The van der Waals surface area contributed by atoms with E-state index in [1.54, 1.807) is 11.1 Å². The van der Waals surface area contributed by atoms with Crippen LogP contribution in [0, 0.1) is 34.0 Å². The number of carbonyl (C=O) groups is 2. The second-order valence-electron chi connectivity index (χ2n) is 11.1. The second kappa shape index (κ2) is 6.44. The molecule has 4 aliphatic carbocycles. The van der Waals surface area contributed by atoms with Gasteiger partial charge in [-0.3, -0.25) is 9.59 Å². The van der Waals surface area contributed by atoms with Gasteiger partial charge in [-0.05, 0) is 87.4 Å². The Labute approximate surface area is 170 Å². The second-order valence-corrected chi connectivity index (χ2v) is 11.1. The first kappa shape index (κ1) is 20.2. The molecule has 3 nitrogen and oxygen atoms in total. The maximum absolute atomic E-state index is 12.6. The zero-order valence-corrected chi connectivity index (χ0v) is 18.7. The van der Waals surface area contributed by atoms with Crippen molar-refractivity contribution in [2.24, 2.45) is 34.0 Å². The van der Waals surface area contributed by atoms with Crippen molar-refractivity contribution in [1.29, 1.82) is 0 Å². The van der Waals surface area contributed by atoms with Gasteiger partial charge in [-0.25, -0.2) is 0 Å². The van der Waals surface area contributed by atoms with Gasteiger partial charge in [-0.2, -0.15) is 0 Å². The third-order valence-electron chi connectivity index (χ3n) is 10.1. The summed E-state index contributed by atoms with van der Waals surface area (Å²) in [7, 11) is 0. The molecule has 4 aliphatic rings. The minimum atomic E-state index is -0.150. The van der Waals surface area contributed by atoms with E-state index in [1.807, 2.05) is 6.92 Å². The molecule has 0 aromatic carbocycles. The average molecular weight is 387 g/mol. The van der Waals surface area contributed by atoms with Crippen molar-refractivity contribution in [1.82, 2.24) is 0 Å². The Balaban J connectivity index is 1.66. The fourth-order valence-electron chi connectivity index (χ4n) is 8.27. The van der Waals surface area contributed by atoms with Crippen molar-refractivity contribution in [3.8, 4) is 0 Å². The zero-order chi connectivity index (χ0) is 20.5. The van der Waals surface area contributed by atoms with Crippen molar-refractivity contribution in [3.05, 3.63) is 11.1 Å². The van der Waals surface area contributed by atoms with E-state index in [9.17, 15) is 9.59 Å². The molecule has 28 heavy (non-hydrogen) atoms. The molecule has 156 valence electrons. The lowest BCUT2D eigenvalue weighted by atomic mass is 9.44. The van der Waals surface area contributed by atoms with Crippen LogP contribution in [0.4, 0.5) is 0 Å². The lowest BCUT2D eigenvalue weighted by Crippen LogP contribution is -2.53. The molecule has 0 heterocycles. The van der Waals surface area contributed by atoms with Crippen LogP contribution in [0.5, 0.6) is 0 Å². The summed E-state index contributed by atoms with van der Waals surface area (Å²) in [4.78, 5) is 24.1. The maximum Gasteiger partial charge on any atom is 0.302 e. The molecule has 0 aliphatic heterocycles. The van der Waals surface area contributed by atoms with E-state index in [1.165, 1.54) is 32.6 Å². The summed E-state index contributed by atoms with van der Waals surface area (Å²) >= 11 is 0. The van der Waals surface area contributed by atoms with Crippen LogP contribution in [0.25, 0.3) is 0 Å². The molecule has 0 aromatic rings. The van der Waals surface area contributed by atoms with Crippen LogP contribution in [-0.4, -0.2) is 17.9 Å². The van der Waals surface area contributed by atoms with Crippen molar-refractivity contribution < 1.29 is 14.3 Å². The fraction of sp³-hybridized carbons (Fsp3) is 0.840. The number of fused-ring (bicyclic) bond motifs is 5. The highest BCUT2D eigenvalue weighted by Crippen LogP contribution is 2.70. The van der Waals surface area contributed by atoms with Gasteiger partial charge in [0.15, 0.2) is 0 Å². The molecule has 0 amide bonds. The van der Waals surface area contributed by atoms with E-state index in [0.29, 0.717) is 17.6 Å². The Kier molecular flexibility index (Phi) is 4.64. The van der Waals surface area contributed by atoms with Crippen LogP contribution in [0.15, 0.2) is 11.1 Å². The van der Waals surface area contributed by atoms with E-state index in [2.05, 4.69) is 27.7 Å². The van der Waals surface area contributed by atoms with E-state index in [-0.39, 0.29) is 28.3 Å². The highest BCUT2D eigenvalue weighted by atomic mass is 16.5. The minimum absolute atomic E-state index is 0.0633. The fourth-order valence-corrected chi connectivity index (χ4v) is 8.27. The molecule has 3 heteroatoms. The molecule has 3 fully saturated rings. The number of Topliss-reactive ketones (excluding diaryl/α,β-unsaturated/α-hetero) is 1. The van der Waals surface area contributed by atoms with Crippen LogP contribution >= 0.6 is 0 Å². The quantitative estimate of drug-likeness (QED) is 0.440. The number of hydrogen-bond donors (Lipinski definition) is 0. The highest BCUT2D eigenvalue weighted by molar-refractivity contribution is 5.83. The average Bonchev–Trinajstić information content (AvgIpc) is 2.89. The third kappa shape index (κ3) is 2.60. The predicted molar refractivity (Wildman–Crippen MR) is 111 cm³/mol. The van der Waals surface area contributed by atoms with Crippen molar-refractivity contribution in [3.63, 3.8) is 0 Å². The van der Waals surface area contributed by atoms with Gasteiger partial charge in [-0.1, -0.05) is 31.9 Å². The van der Waals surface area contributed by atoms with Gasteiger partial charge in [0.2, 0.25) is 0 Å². The van der Waals surface area contributed by atoms with Gasteiger partial charge in [-0.15, -0.1) is 0 Å². The van der Waals surface area contributed by atoms with E-state index in [4.69, 9.17) is 4.74 Å². The summed E-state index contributed by atoms with van der Waals surface area (Å²) in [5.41, 5.74) is 3.39. The van der Waals surface area contributed by atoms with Crippen LogP contribution in [0.2, 0.25) is 0 Å². The maximum atomic E-state index is 12.6. The molecule has 0 radical (unpaired) electrons. The number of carbonyl (C=O) groups excluding carboxylic acids is 2. The molecule has 1 unspecified atom stereocenters. The van der Waals surface area contributed by atoms with Crippen molar-refractivity contribution in [2.75, 3.05) is 0 Å². The highest BCUT2D eigenvalue weighted by Gasteiger charge is 2.64. The van der Waals surface area contributed by atoms with Gasteiger partial charge in [0.05, 0.1) is 0 Å². The monoisotopic (exact) mass is 386 g/mol. The number of hydrogen-bond acceptors (Lipinski definition) is 3. The Morgan fingerprint density at radius 3 is 2.25 bits per heavy atom. The standard InChI is InChI=1S/C25H38O3/c1-15-13-19-20(23(4)10-7-18(14-22(15)23)28-17(3)27)8-12-25(6)21(19)9-11-24(25,5)16(2)26/h18-21H,7-14H2,1-6H3/t18?,19-,20+,21+,23-,24-,25+/m1/s1. The largest absolute Gasteiger partial charge is 0.462 e. The first-order valence-electron chi connectivity index (χ1n) is 11.4. The number of rotatable bonds is 2. The number of ether oxygens (including phenoxy) is 1. The van der Waals surface area contributed by atoms with E-state index >= 15 is 0 Å². The van der Waals surface area contributed by atoms with Crippen LogP contribution in [0.1, 0.15) is 92.9 Å². The summed E-state index contributed by atoms with van der Waals surface area (Å²) in [6, 6.07) is 0. The lowest BCUT2D eigenvalue weighted by Gasteiger charge is -2.60. The Hall–Kier alpha value is -1.12. The lowest BCUT2D eigenvalue weighted by molar-refractivity contribution is -0.149. The van der Waals surface area contributed by atoms with E-state index < -0.39 is 0 Å². The molecule has 0 bridgehead atoms. The van der Waals surface area contributed by atoms with Crippen molar-refractivity contribution in [2.45, 2.75) is 99.0 Å². The zero-order valence-electron chi connectivity index (χ0n) is 18.7. The molecular weight excluding hydrogens is 348 g/mol. The summed E-state index contributed by atoms with van der Waals surface area (Å²) in [5.74, 6) is 2.34. The molecule has 0 aromatic heterocycles. The van der Waals surface area contributed by atoms with Crippen LogP contribution in [-0.2, 0) is 14.3 Å². The molecule has 7 atom stereocenters. The molecule has 3 saturated carbocycles. The van der Waals surface area contributed by atoms with Crippen LogP contribution < -0.4 is 0 Å². The van der Waals surface area contributed by atoms with Gasteiger partial charge >= 0.3 is 5.97 Å². The van der Waals surface area contributed by atoms with Gasteiger partial charge in [0.25, 0.3) is 0 Å². The van der Waals surface area contributed by atoms with Crippen LogP contribution in [0.3, 0.4) is 0 Å². The topological polar surface area (TPSA) is 43.4 Å². The first-order chi connectivity index (χ1) is 13.0. The molecule has 0 saturated heterocycles. The normalized spacial score (nSPS) is 47.8. The summed E-state index contributed by atoms with van der Waals surface area (Å²) in [6.07, 6.45) is 8.99. The number of allylic oxidation sites excluding steroid dienone is 1. The first-order valence-corrected chi connectivity index (χ1v) is 11.4. The third-order valence-corrected chi connectivity index (χ3v) is 10.1. The SMILES string of the molecule is CC(=O)OC1CC[C@@]2(C)C(=C(C)C[C@@H]3[C@@H]2CC[C@@]2(C)[C@H]3CC[C@]2(C)C(C)=O)C1. The minimum Gasteiger partial charge on any atom is -0.462 e. The van der Waals surface area contributed by atoms with Crippen molar-refractivity contribution >= 4 is 11.8 Å². The Bertz CT molecular complexity index is 736. The predicted octanol–water partition coefficient (Wildman–Crippen LogP) is 5.87. The smallest absolute Gasteiger partial charge is 0.302 e. The molecule has 0 N–H and O–H groups in total. The number of ketones is 1. The van der Waals surface area contributed by atoms with Gasteiger partial charge in [0, 0.05) is 18.8 Å². The van der Waals surface area contributed by atoms with Gasteiger partial charge in [0.1, 0.15) is 11.9 Å². The number of esters is 1. The Morgan fingerprint density at radius 1 is 0.929 bits per heavy atom. The summed E-state index contributed by atoms with van der Waals surface area (Å²) in [5, 5.41) is 0. The Morgan fingerprint density at radius 2 is 1.61 bits per heavy atom. The molecule has 0 spiro atoms. The molecule has 4 rings (SSSR count). The summed E-state index contributed by atoms with van der Waals surface area (Å²) in [6.45, 7) is 12.8. The van der Waals surface area contributed by atoms with E-state index in [0.717, 1.165) is 31.6 Å².